The Hall–Kier alpha value is -5.94. The van der Waals surface area contributed by atoms with E-state index >= 15 is 0 Å². The van der Waals surface area contributed by atoms with Gasteiger partial charge in [-0.2, -0.15) is 0 Å². The van der Waals surface area contributed by atoms with E-state index in [-0.39, 0.29) is 0 Å². The first kappa shape index (κ1) is 29.0. The van der Waals surface area contributed by atoms with Crippen LogP contribution in [0.15, 0.2) is 170 Å². The molecule has 2 nitrogen and oxygen atoms in total. The van der Waals surface area contributed by atoms with E-state index in [9.17, 15) is 0 Å². The fourth-order valence-corrected chi connectivity index (χ4v) is 9.61. The van der Waals surface area contributed by atoms with Crippen LogP contribution < -0.4 is 0 Å². The molecule has 3 aromatic heterocycles. The van der Waals surface area contributed by atoms with E-state index in [1.54, 1.807) is 0 Å². The number of hydrogen-bond acceptors (Lipinski definition) is 4. The zero-order chi connectivity index (χ0) is 33.0. The Morgan fingerprint density at radius 2 is 0.820 bits per heavy atom. The largest absolute Gasteiger partial charge is 0.228 e. The molecule has 3 heterocycles. The molecule has 0 saturated heterocycles. The number of nitrogens with zero attached hydrogens (tertiary/aromatic N) is 2. The van der Waals surface area contributed by atoms with Crippen LogP contribution in [0.25, 0.3) is 96.5 Å². The van der Waals surface area contributed by atoms with Crippen LogP contribution in [0.3, 0.4) is 0 Å². The van der Waals surface area contributed by atoms with Gasteiger partial charge in [0.1, 0.15) is 0 Å². The number of fused-ring (bicyclic) bond motifs is 6. The van der Waals surface area contributed by atoms with Gasteiger partial charge in [-0.25, -0.2) is 9.97 Å². The number of hydrogen-bond donors (Lipinski definition) is 0. The molecule has 234 valence electrons. The Labute approximate surface area is 297 Å². The van der Waals surface area contributed by atoms with Crippen LogP contribution >= 0.6 is 22.7 Å². The van der Waals surface area contributed by atoms with Crippen LogP contribution in [0, 0.1) is 0 Å². The molecule has 0 unspecified atom stereocenters. The van der Waals surface area contributed by atoms with Gasteiger partial charge in [-0.3, -0.25) is 0 Å². The Morgan fingerprint density at radius 1 is 0.320 bits per heavy atom. The Balaban J connectivity index is 1.25. The molecule has 0 aliphatic rings. The zero-order valence-corrected chi connectivity index (χ0v) is 28.5. The van der Waals surface area contributed by atoms with Gasteiger partial charge in [-0.15, -0.1) is 22.7 Å². The smallest absolute Gasteiger partial charge is 0.160 e. The van der Waals surface area contributed by atoms with E-state index in [0.717, 1.165) is 28.1 Å². The lowest BCUT2D eigenvalue weighted by Gasteiger charge is -2.15. The van der Waals surface area contributed by atoms with Gasteiger partial charge in [0, 0.05) is 68.2 Å². The van der Waals surface area contributed by atoms with Gasteiger partial charge in [0.15, 0.2) is 5.82 Å². The normalized spacial score (nSPS) is 11.6. The van der Waals surface area contributed by atoms with Gasteiger partial charge < -0.3 is 0 Å². The maximum Gasteiger partial charge on any atom is 0.160 e. The Bertz CT molecular complexity index is 2810. The van der Waals surface area contributed by atoms with Crippen LogP contribution in [0.2, 0.25) is 0 Å². The molecule has 0 spiro atoms. The highest BCUT2D eigenvalue weighted by Crippen LogP contribution is 2.47. The van der Waals surface area contributed by atoms with Crippen LogP contribution in [-0.2, 0) is 0 Å². The van der Waals surface area contributed by atoms with Gasteiger partial charge >= 0.3 is 0 Å². The quantitative estimate of drug-likeness (QED) is 0.182. The van der Waals surface area contributed by atoms with Crippen molar-refractivity contribution in [3.05, 3.63) is 170 Å². The number of rotatable bonds is 5. The standard InChI is InChI=1S/C46H28N2S2/c1-3-13-29(14-4-1)40-28-41(48-46(47-40)30-15-5-2-6-16-30)31-25-26-32(35-19-11-20-36-33-17-7-9-23-42(33)49-44(35)36)39(27-31)38-22-12-21-37-34-18-8-10-24-43(34)50-45(37)38/h1-28H. The van der Waals surface area contributed by atoms with E-state index in [0.29, 0.717) is 5.82 Å². The molecular formula is C46H28N2S2. The first-order chi connectivity index (χ1) is 24.8. The molecule has 0 bridgehead atoms. The second-order valence-electron chi connectivity index (χ2n) is 12.5. The van der Waals surface area contributed by atoms with Crippen LogP contribution in [0.1, 0.15) is 0 Å². The summed E-state index contributed by atoms with van der Waals surface area (Å²) in [4.78, 5) is 10.3. The van der Waals surface area contributed by atoms with E-state index in [1.807, 2.05) is 46.9 Å². The van der Waals surface area contributed by atoms with E-state index in [1.165, 1.54) is 62.6 Å². The van der Waals surface area contributed by atoms with Crippen LogP contribution in [0.5, 0.6) is 0 Å². The molecule has 4 heteroatoms. The summed E-state index contributed by atoms with van der Waals surface area (Å²) in [6, 6.07) is 60.7. The molecular weight excluding hydrogens is 645 g/mol. The molecule has 0 N–H and O–H groups in total. The van der Waals surface area contributed by atoms with Crippen molar-refractivity contribution in [3.8, 4) is 56.2 Å². The summed E-state index contributed by atoms with van der Waals surface area (Å²) < 4.78 is 5.22. The molecule has 0 aliphatic carbocycles. The van der Waals surface area contributed by atoms with Crippen molar-refractivity contribution in [2.45, 2.75) is 0 Å². The third-order valence-electron chi connectivity index (χ3n) is 9.53. The van der Waals surface area contributed by atoms with Crippen molar-refractivity contribution in [1.82, 2.24) is 9.97 Å². The maximum absolute atomic E-state index is 5.21. The van der Waals surface area contributed by atoms with Crippen molar-refractivity contribution in [2.75, 3.05) is 0 Å². The molecule has 0 fully saturated rings. The van der Waals surface area contributed by atoms with Crippen molar-refractivity contribution in [1.29, 1.82) is 0 Å². The van der Waals surface area contributed by atoms with E-state index < -0.39 is 0 Å². The SMILES string of the molecule is c1ccc(-c2cc(-c3ccc(-c4cccc5c4sc4ccccc45)c(-c4cccc5c4sc4ccccc45)c3)nc(-c3ccccc3)n2)cc1. The van der Waals surface area contributed by atoms with Gasteiger partial charge in [-0.1, -0.05) is 146 Å². The van der Waals surface area contributed by atoms with Gasteiger partial charge in [0.25, 0.3) is 0 Å². The maximum atomic E-state index is 5.21. The highest BCUT2D eigenvalue weighted by molar-refractivity contribution is 7.26. The zero-order valence-electron chi connectivity index (χ0n) is 26.9. The van der Waals surface area contributed by atoms with Crippen LogP contribution in [0.4, 0.5) is 0 Å². The first-order valence-corrected chi connectivity index (χ1v) is 18.4. The molecule has 0 radical (unpaired) electrons. The summed E-state index contributed by atoms with van der Waals surface area (Å²) in [5, 5.41) is 5.20. The average Bonchev–Trinajstić information content (AvgIpc) is 3.77. The number of benzene rings is 7. The van der Waals surface area contributed by atoms with E-state index in [2.05, 4.69) is 146 Å². The van der Waals surface area contributed by atoms with Crippen molar-refractivity contribution >= 4 is 63.0 Å². The Morgan fingerprint density at radius 3 is 1.44 bits per heavy atom. The summed E-state index contributed by atoms with van der Waals surface area (Å²) in [6.45, 7) is 0. The monoisotopic (exact) mass is 672 g/mol. The molecule has 0 aliphatic heterocycles. The minimum atomic E-state index is 0.717. The van der Waals surface area contributed by atoms with Crippen molar-refractivity contribution in [3.63, 3.8) is 0 Å². The van der Waals surface area contributed by atoms with Gasteiger partial charge in [0.05, 0.1) is 11.4 Å². The molecule has 10 aromatic rings. The molecule has 0 atom stereocenters. The lowest BCUT2D eigenvalue weighted by molar-refractivity contribution is 1.18. The molecule has 0 saturated carbocycles. The fraction of sp³-hybridized carbons (Fsp3) is 0. The number of thiophene rings is 2. The lowest BCUT2D eigenvalue weighted by Crippen LogP contribution is -1.96. The molecule has 50 heavy (non-hydrogen) atoms. The highest BCUT2D eigenvalue weighted by atomic mass is 32.1. The minimum Gasteiger partial charge on any atom is -0.228 e. The summed E-state index contributed by atoms with van der Waals surface area (Å²) >= 11 is 3.75. The fourth-order valence-electron chi connectivity index (χ4n) is 7.15. The Kier molecular flexibility index (Phi) is 6.90. The van der Waals surface area contributed by atoms with Crippen molar-refractivity contribution < 1.29 is 0 Å². The molecule has 7 aromatic carbocycles. The second-order valence-corrected chi connectivity index (χ2v) is 14.6. The minimum absolute atomic E-state index is 0.717. The van der Waals surface area contributed by atoms with Crippen LogP contribution in [-0.4, -0.2) is 9.97 Å². The topological polar surface area (TPSA) is 25.8 Å². The molecule has 10 rings (SSSR count). The predicted molar refractivity (Wildman–Crippen MR) is 215 cm³/mol. The van der Waals surface area contributed by atoms with Gasteiger partial charge in [-0.05, 0) is 35.4 Å². The van der Waals surface area contributed by atoms with E-state index in [4.69, 9.17) is 9.97 Å². The first-order valence-electron chi connectivity index (χ1n) is 16.7. The highest BCUT2D eigenvalue weighted by Gasteiger charge is 2.19. The summed E-state index contributed by atoms with van der Waals surface area (Å²) in [7, 11) is 0. The predicted octanol–water partition coefficient (Wildman–Crippen LogP) is 13.5. The third kappa shape index (κ3) is 4.84. The average molecular weight is 673 g/mol. The summed E-state index contributed by atoms with van der Waals surface area (Å²) in [5.74, 6) is 0.717. The summed E-state index contributed by atoms with van der Waals surface area (Å²) in [6.07, 6.45) is 0. The van der Waals surface area contributed by atoms with Gasteiger partial charge in [0.2, 0.25) is 0 Å². The second kappa shape index (κ2) is 11.9. The van der Waals surface area contributed by atoms with Crippen molar-refractivity contribution in [2.24, 2.45) is 0 Å². The summed E-state index contributed by atoms with van der Waals surface area (Å²) in [5.41, 5.74) is 9.83. The lowest BCUT2D eigenvalue weighted by atomic mass is 9.90. The number of aromatic nitrogens is 2. The third-order valence-corrected chi connectivity index (χ3v) is 12.0. The molecule has 0 amide bonds.